The molecule has 134 valence electrons. The van der Waals surface area contributed by atoms with Crippen molar-refractivity contribution in [2.24, 2.45) is 0 Å². The summed E-state index contributed by atoms with van der Waals surface area (Å²) in [5.41, 5.74) is 2.94. The monoisotopic (exact) mass is 361 g/mol. The molecular formula is C18H23N3O3S. The molecule has 25 heavy (non-hydrogen) atoms. The van der Waals surface area contributed by atoms with Crippen molar-refractivity contribution >= 4 is 15.7 Å². The van der Waals surface area contributed by atoms with E-state index in [-0.39, 0.29) is 23.3 Å². The van der Waals surface area contributed by atoms with E-state index in [0.29, 0.717) is 6.54 Å². The SMILES string of the molecule is Cc1cc(C)n(C2CCN(C(=O)Cc3ccc(S(C)(=O)=O)cc3)C2)n1. The first-order valence-electron chi connectivity index (χ1n) is 8.33. The molecule has 0 saturated carbocycles. The van der Waals surface area contributed by atoms with Crippen molar-refractivity contribution in [3.8, 4) is 0 Å². The number of aryl methyl sites for hydroxylation is 2. The van der Waals surface area contributed by atoms with Gasteiger partial charge in [-0.15, -0.1) is 0 Å². The highest BCUT2D eigenvalue weighted by atomic mass is 32.2. The molecule has 1 unspecified atom stereocenters. The van der Waals surface area contributed by atoms with Crippen LogP contribution in [0.25, 0.3) is 0 Å². The highest BCUT2D eigenvalue weighted by Crippen LogP contribution is 2.24. The van der Waals surface area contributed by atoms with Crippen LogP contribution >= 0.6 is 0 Å². The van der Waals surface area contributed by atoms with E-state index in [1.165, 1.54) is 6.26 Å². The third-order valence-electron chi connectivity index (χ3n) is 4.61. The fraction of sp³-hybridized carbons (Fsp3) is 0.444. The summed E-state index contributed by atoms with van der Waals surface area (Å²) in [6, 6.07) is 8.81. The van der Waals surface area contributed by atoms with Crippen LogP contribution in [-0.4, -0.2) is 48.4 Å². The van der Waals surface area contributed by atoms with Crippen LogP contribution in [0.4, 0.5) is 0 Å². The second-order valence-corrected chi connectivity index (χ2v) is 8.76. The molecule has 0 spiro atoms. The topological polar surface area (TPSA) is 72.3 Å². The summed E-state index contributed by atoms with van der Waals surface area (Å²) >= 11 is 0. The van der Waals surface area contributed by atoms with Gasteiger partial charge >= 0.3 is 0 Å². The van der Waals surface area contributed by atoms with Crippen LogP contribution in [0.1, 0.15) is 29.4 Å². The lowest BCUT2D eigenvalue weighted by atomic mass is 10.1. The van der Waals surface area contributed by atoms with Gasteiger partial charge in [-0.05, 0) is 44.0 Å². The summed E-state index contributed by atoms with van der Waals surface area (Å²) in [4.78, 5) is 14.7. The van der Waals surface area contributed by atoms with Crippen LogP contribution in [0.3, 0.4) is 0 Å². The molecule has 1 amide bonds. The average molecular weight is 361 g/mol. The minimum atomic E-state index is -3.21. The Bertz CT molecular complexity index is 885. The third-order valence-corrected chi connectivity index (χ3v) is 5.74. The van der Waals surface area contributed by atoms with Crippen LogP contribution in [0, 0.1) is 13.8 Å². The van der Waals surface area contributed by atoms with Crippen molar-refractivity contribution in [2.45, 2.75) is 37.6 Å². The standard InChI is InChI=1S/C18H23N3O3S/c1-13-10-14(2)21(19-13)16-8-9-20(12-16)18(22)11-15-4-6-17(7-5-15)25(3,23)24/h4-7,10,16H,8-9,11-12H2,1-3H3. The quantitative estimate of drug-likeness (QED) is 0.834. The summed E-state index contributed by atoms with van der Waals surface area (Å²) in [5, 5.41) is 4.52. The number of carbonyl (C=O) groups excluding carboxylic acids is 1. The Kier molecular flexibility index (Phi) is 4.69. The Balaban J connectivity index is 1.63. The molecule has 6 nitrogen and oxygen atoms in total. The summed E-state index contributed by atoms with van der Waals surface area (Å²) in [7, 11) is -3.21. The minimum absolute atomic E-state index is 0.0659. The minimum Gasteiger partial charge on any atom is -0.340 e. The number of sulfone groups is 1. The van der Waals surface area contributed by atoms with E-state index >= 15 is 0 Å². The van der Waals surface area contributed by atoms with E-state index in [0.717, 1.165) is 29.9 Å². The van der Waals surface area contributed by atoms with E-state index in [9.17, 15) is 13.2 Å². The predicted octanol–water partition coefficient (Wildman–Crippen LogP) is 1.92. The number of hydrogen-bond donors (Lipinski definition) is 0. The normalized spacial score (nSPS) is 17.9. The van der Waals surface area contributed by atoms with Gasteiger partial charge in [0.25, 0.3) is 0 Å². The van der Waals surface area contributed by atoms with Crippen LogP contribution in [0.15, 0.2) is 35.2 Å². The molecular weight excluding hydrogens is 338 g/mol. The third kappa shape index (κ3) is 3.92. The zero-order valence-electron chi connectivity index (χ0n) is 14.8. The molecule has 3 rings (SSSR count). The second kappa shape index (κ2) is 6.63. The summed E-state index contributed by atoms with van der Waals surface area (Å²) < 4.78 is 25.0. The van der Waals surface area contributed by atoms with Crippen molar-refractivity contribution in [2.75, 3.05) is 19.3 Å². The van der Waals surface area contributed by atoms with Crippen LogP contribution in [-0.2, 0) is 21.1 Å². The van der Waals surface area contributed by atoms with Gasteiger partial charge in [0.1, 0.15) is 0 Å². The molecule has 1 aromatic carbocycles. The van der Waals surface area contributed by atoms with Gasteiger partial charge in [0.2, 0.25) is 5.91 Å². The predicted molar refractivity (Wildman–Crippen MR) is 95.2 cm³/mol. The molecule has 0 bridgehead atoms. The lowest BCUT2D eigenvalue weighted by Crippen LogP contribution is -2.30. The van der Waals surface area contributed by atoms with Gasteiger partial charge in [-0.25, -0.2) is 8.42 Å². The largest absolute Gasteiger partial charge is 0.340 e. The number of amides is 1. The van der Waals surface area contributed by atoms with Gasteiger partial charge in [0.05, 0.1) is 23.1 Å². The fourth-order valence-corrected chi connectivity index (χ4v) is 3.96. The molecule has 2 heterocycles. The molecule has 1 aromatic heterocycles. The average Bonchev–Trinajstić information content (AvgIpc) is 3.13. The Morgan fingerprint density at radius 3 is 2.48 bits per heavy atom. The number of aromatic nitrogens is 2. The summed E-state index contributed by atoms with van der Waals surface area (Å²) in [6.07, 6.45) is 2.37. The van der Waals surface area contributed by atoms with E-state index in [1.807, 2.05) is 29.5 Å². The number of benzene rings is 1. The number of rotatable bonds is 4. The molecule has 2 aromatic rings. The zero-order chi connectivity index (χ0) is 18.2. The number of nitrogens with zero attached hydrogens (tertiary/aromatic N) is 3. The van der Waals surface area contributed by atoms with Crippen molar-refractivity contribution in [3.05, 3.63) is 47.3 Å². The van der Waals surface area contributed by atoms with Gasteiger partial charge in [-0.3, -0.25) is 9.48 Å². The van der Waals surface area contributed by atoms with E-state index in [4.69, 9.17) is 0 Å². The van der Waals surface area contributed by atoms with E-state index in [2.05, 4.69) is 5.10 Å². The van der Waals surface area contributed by atoms with Crippen LogP contribution in [0.2, 0.25) is 0 Å². The fourth-order valence-electron chi connectivity index (χ4n) is 3.32. The maximum absolute atomic E-state index is 12.5. The van der Waals surface area contributed by atoms with Crippen molar-refractivity contribution in [1.29, 1.82) is 0 Å². The van der Waals surface area contributed by atoms with Crippen molar-refractivity contribution in [3.63, 3.8) is 0 Å². The Hall–Kier alpha value is -2.15. The van der Waals surface area contributed by atoms with Gasteiger partial charge in [-0.2, -0.15) is 5.10 Å². The first kappa shape index (κ1) is 17.7. The maximum atomic E-state index is 12.5. The molecule has 0 aliphatic carbocycles. The Labute approximate surface area is 148 Å². The zero-order valence-corrected chi connectivity index (χ0v) is 15.6. The second-order valence-electron chi connectivity index (χ2n) is 6.75. The number of carbonyl (C=O) groups is 1. The van der Waals surface area contributed by atoms with Crippen molar-refractivity contribution in [1.82, 2.24) is 14.7 Å². The molecule has 7 heteroatoms. The van der Waals surface area contributed by atoms with Crippen LogP contribution < -0.4 is 0 Å². The van der Waals surface area contributed by atoms with Gasteiger partial charge < -0.3 is 4.90 Å². The van der Waals surface area contributed by atoms with Crippen molar-refractivity contribution < 1.29 is 13.2 Å². The van der Waals surface area contributed by atoms with Crippen LogP contribution in [0.5, 0.6) is 0 Å². The molecule has 0 N–H and O–H groups in total. The lowest BCUT2D eigenvalue weighted by molar-refractivity contribution is -0.129. The van der Waals surface area contributed by atoms with Gasteiger partial charge in [-0.1, -0.05) is 12.1 Å². The Morgan fingerprint density at radius 1 is 1.24 bits per heavy atom. The van der Waals surface area contributed by atoms with E-state index < -0.39 is 9.84 Å². The highest BCUT2D eigenvalue weighted by Gasteiger charge is 2.28. The Morgan fingerprint density at radius 2 is 1.92 bits per heavy atom. The number of hydrogen-bond acceptors (Lipinski definition) is 4. The summed E-state index contributed by atoms with van der Waals surface area (Å²) in [5.74, 6) is 0.0659. The molecule has 1 aliphatic rings. The lowest BCUT2D eigenvalue weighted by Gasteiger charge is -2.17. The molecule has 1 saturated heterocycles. The molecule has 1 aliphatic heterocycles. The summed E-state index contributed by atoms with van der Waals surface area (Å²) in [6.45, 7) is 5.40. The number of likely N-dealkylation sites (tertiary alicyclic amines) is 1. The van der Waals surface area contributed by atoms with E-state index in [1.54, 1.807) is 24.3 Å². The highest BCUT2D eigenvalue weighted by molar-refractivity contribution is 7.90. The molecule has 0 radical (unpaired) electrons. The first-order chi connectivity index (χ1) is 11.7. The maximum Gasteiger partial charge on any atom is 0.227 e. The van der Waals surface area contributed by atoms with Gasteiger partial charge in [0.15, 0.2) is 9.84 Å². The smallest absolute Gasteiger partial charge is 0.227 e. The molecule has 1 atom stereocenters. The molecule has 1 fully saturated rings. The van der Waals surface area contributed by atoms with Gasteiger partial charge in [0, 0.05) is 25.0 Å². The first-order valence-corrected chi connectivity index (χ1v) is 10.2.